The number of amides is 1. The fourth-order valence-electron chi connectivity index (χ4n) is 4.20. The van der Waals surface area contributed by atoms with Crippen molar-refractivity contribution in [3.63, 3.8) is 0 Å². The van der Waals surface area contributed by atoms with Crippen LogP contribution in [0.2, 0.25) is 0 Å². The maximum Gasteiger partial charge on any atom is 0.266 e. The summed E-state index contributed by atoms with van der Waals surface area (Å²) in [6.45, 7) is 6.17. The van der Waals surface area contributed by atoms with Gasteiger partial charge < -0.3 is 4.90 Å². The van der Waals surface area contributed by atoms with Crippen LogP contribution in [0.15, 0.2) is 17.8 Å². The molecule has 128 valence electrons. The number of aromatic nitrogens is 4. The molecule has 2 atom stereocenters. The number of rotatable bonds is 3. The fourth-order valence-corrected chi connectivity index (χ4v) is 5.04. The van der Waals surface area contributed by atoms with Crippen molar-refractivity contribution < 1.29 is 4.79 Å². The summed E-state index contributed by atoms with van der Waals surface area (Å²) in [6, 6.07) is 3.54. The summed E-state index contributed by atoms with van der Waals surface area (Å²) in [5.41, 5.74) is 0.769. The number of likely N-dealkylation sites (tertiary alicyclic amines) is 1. The third-order valence-corrected chi connectivity index (χ3v) is 6.05. The Morgan fingerprint density at radius 2 is 2.12 bits per heavy atom. The lowest BCUT2D eigenvalue weighted by Gasteiger charge is -2.32. The highest BCUT2D eigenvalue weighted by atomic mass is 32.1. The minimum absolute atomic E-state index is 0.103. The van der Waals surface area contributed by atoms with Gasteiger partial charge in [0, 0.05) is 31.2 Å². The number of hydrogen-bond acceptors (Lipinski definition) is 6. The highest BCUT2D eigenvalue weighted by Crippen LogP contribution is 2.33. The van der Waals surface area contributed by atoms with E-state index in [1.807, 2.05) is 16.3 Å². The fraction of sp³-hybridized carbons (Fsp3) is 0.625. The second kappa shape index (κ2) is 6.25. The highest BCUT2D eigenvalue weighted by molar-refractivity contribution is 7.12. The van der Waals surface area contributed by atoms with Crippen LogP contribution in [0.3, 0.4) is 0 Å². The zero-order valence-electron chi connectivity index (χ0n) is 14.0. The van der Waals surface area contributed by atoms with Crippen LogP contribution in [0.25, 0.3) is 5.69 Å². The van der Waals surface area contributed by atoms with E-state index in [1.165, 1.54) is 30.5 Å². The van der Waals surface area contributed by atoms with Crippen LogP contribution >= 0.6 is 11.3 Å². The molecule has 0 aromatic carbocycles. The largest absolute Gasteiger partial charge is 0.336 e. The molecule has 2 aliphatic rings. The molecule has 2 aromatic heterocycles. The third-order valence-electron chi connectivity index (χ3n) is 5.16. The number of thiophene rings is 1. The molecule has 4 rings (SSSR count). The molecule has 24 heavy (non-hydrogen) atoms. The Morgan fingerprint density at radius 3 is 2.88 bits per heavy atom. The summed E-state index contributed by atoms with van der Waals surface area (Å²) < 4.78 is 1.56. The minimum atomic E-state index is 0.103. The summed E-state index contributed by atoms with van der Waals surface area (Å²) in [7, 11) is 0. The Kier molecular flexibility index (Phi) is 4.09. The first-order valence-corrected chi connectivity index (χ1v) is 9.40. The van der Waals surface area contributed by atoms with Gasteiger partial charge in [0.1, 0.15) is 11.2 Å². The average molecular weight is 346 g/mol. The first-order chi connectivity index (χ1) is 11.6. The van der Waals surface area contributed by atoms with Crippen molar-refractivity contribution in [1.29, 1.82) is 0 Å². The van der Waals surface area contributed by atoms with E-state index in [9.17, 15) is 4.79 Å². The second-order valence-corrected chi connectivity index (χ2v) is 7.77. The molecule has 1 amide bonds. The van der Waals surface area contributed by atoms with Gasteiger partial charge in [0.25, 0.3) is 5.91 Å². The Bertz CT molecular complexity index is 712. The molecule has 2 fully saturated rings. The first kappa shape index (κ1) is 15.7. The van der Waals surface area contributed by atoms with Crippen molar-refractivity contribution in [2.45, 2.75) is 51.2 Å². The van der Waals surface area contributed by atoms with Crippen LogP contribution < -0.4 is 0 Å². The van der Waals surface area contributed by atoms with E-state index in [-0.39, 0.29) is 5.91 Å². The van der Waals surface area contributed by atoms with Gasteiger partial charge in [-0.1, -0.05) is 0 Å². The highest BCUT2D eigenvalue weighted by Gasteiger charge is 2.40. The zero-order valence-corrected chi connectivity index (χ0v) is 14.8. The molecule has 7 nitrogen and oxygen atoms in total. The van der Waals surface area contributed by atoms with E-state index in [0.29, 0.717) is 18.1 Å². The monoisotopic (exact) mass is 346 g/mol. The Morgan fingerprint density at radius 1 is 1.29 bits per heavy atom. The molecule has 2 aromatic rings. The van der Waals surface area contributed by atoms with Crippen molar-refractivity contribution in [3.8, 4) is 5.69 Å². The van der Waals surface area contributed by atoms with E-state index < -0.39 is 0 Å². The van der Waals surface area contributed by atoms with Crippen LogP contribution in [0, 0.1) is 0 Å². The van der Waals surface area contributed by atoms with Gasteiger partial charge in [0.2, 0.25) is 0 Å². The van der Waals surface area contributed by atoms with Gasteiger partial charge in [-0.25, -0.2) is 0 Å². The van der Waals surface area contributed by atoms with Gasteiger partial charge in [-0.15, -0.1) is 16.4 Å². The molecule has 4 heterocycles. The van der Waals surface area contributed by atoms with Crippen LogP contribution in [0.1, 0.15) is 42.8 Å². The zero-order chi connectivity index (χ0) is 16.7. The van der Waals surface area contributed by atoms with Crippen molar-refractivity contribution in [2.75, 3.05) is 13.1 Å². The molecule has 0 N–H and O–H groups in total. The lowest BCUT2D eigenvalue weighted by atomic mass is 10.1. The number of carbonyl (C=O) groups excluding carboxylic acids is 1. The quantitative estimate of drug-likeness (QED) is 0.848. The molecule has 2 saturated heterocycles. The number of hydrogen-bond donors (Lipinski definition) is 0. The number of tetrazole rings is 1. The maximum absolute atomic E-state index is 13.1. The molecule has 8 heteroatoms. The van der Waals surface area contributed by atoms with Crippen molar-refractivity contribution in [3.05, 3.63) is 22.7 Å². The first-order valence-electron chi connectivity index (χ1n) is 8.52. The summed E-state index contributed by atoms with van der Waals surface area (Å²) >= 11 is 1.46. The number of carbonyl (C=O) groups is 1. The summed E-state index contributed by atoms with van der Waals surface area (Å²) in [5, 5.41) is 13.2. The molecule has 0 saturated carbocycles. The van der Waals surface area contributed by atoms with Crippen molar-refractivity contribution in [1.82, 2.24) is 30.0 Å². The van der Waals surface area contributed by atoms with Crippen LogP contribution in [0.5, 0.6) is 0 Å². The van der Waals surface area contributed by atoms with Crippen LogP contribution in [0.4, 0.5) is 0 Å². The topological polar surface area (TPSA) is 67.2 Å². The van der Waals surface area contributed by atoms with Gasteiger partial charge in [-0.3, -0.25) is 9.69 Å². The minimum Gasteiger partial charge on any atom is -0.336 e. The molecular weight excluding hydrogens is 324 g/mol. The number of fused-ring (bicyclic) bond motifs is 2. The Hall–Kier alpha value is -1.80. The second-order valence-electron chi connectivity index (χ2n) is 6.86. The molecule has 0 radical (unpaired) electrons. The van der Waals surface area contributed by atoms with Gasteiger partial charge in [-0.05, 0) is 55.0 Å². The van der Waals surface area contributed by atoms with E-state index in [4.69, 9.17) is 0 Å². The van der Waals surface area contributed by atoms with Gasteiger partial charge in [-0.2, -0.15) is 4.68 Å². The normalized spacial score (nSPS) is 24.5. The molecule has 0 spiro atoms. The van der Waals surface area contributed by atoms with Crippen LogP contribution in [-0.4, -0.2) is 67.1 Å². The van der Waals surface area contributed by atoms with Gasteiger partial charge in [0.15, 0.2) is 0 Å². The Balaban J connectivity index is 1.57. The molecular formula is C16H22N6OS. The van der Waals surface area contributed by atoms with Gasteiger partial charge in [0.05, 0.1) is 5.69 Å². The smallest absolute Gasteiger partial charge is 0.266 e. The summed E-state index contributed by atoms with van der Waals surface area (Å²) in [6.07, 6.45) is 5.05. The van der Waals surface area contributed by atoms with E-state index in [1.54, 1.807) is 4.68 Å². The lowest BCUT2D eigenvalue weighted by molar-refractivity contribution is 0.0733. The van der Waals surface area contributed by atoms with Crippen molar-refractivity contribution >= 4 is 17.2 Å². The maximum atomic E-state index is 13.1. The molecule has 0 aliphatic carbocycles. The lowest BCUT2D eigenvalue weighted by Crippen LogP contribution is -2.44. The SMILES string of the molecule is CC(C)N1[C@H]2CC[C@H]1CN(C(=O)c1sccc1-n1cnnn1)CC2. The standard InChI is InChI=1S/C16H22N6OS/c1-11(2)22-12-3-4-13(22)9-20(7-5-12)16(23)15-14(6-8-24-15)21-10-17-18-19-21/h6,8,10-13H,3-5,7,9H2,1-2H3/t12-,13-/m0/s1. The van der Waals surface area contributed by atoms with E-state index >= 15 is 0 Å². The Labute approximate surface area is 145 Å². The van der Waals surface area contributed by atoms with E-state index in [2.05, 4.69) is 34.3 Å². The predicted octanol–water partition coefficient (Wildman–Crippen LogP) is 1.81. The average Bonchev–Trinajstić information content (AvgIpc) is 3.24. The molecule has 0 unspecified atom stereocenters. The van der Waals surface area contributed by atoms with Crippen molar-refractivity contribution in [2.24, 2.45) is 0 Å². The predicted molar refractivity (Wildman–Crippen MR) is 91.3 cm³/mol. The van der Waals surface area contributed by atoms with E-state index in [0.717, 1.165) is 30.1 Å². The third kappa shape index (κ3) is 2.63. The number of nitrogens with zero attached hydrogens (tertiary/aromatic N) is 6. The summed E-state index contributed by atoms with van der Waals surface area (Å²) in [5.74, 6) is 0.103. The van der Waals surface area contributed by atoms with Gasteiger partial charge >= 0.3 is 0 Å². The van der Waals surface area contributed by atoms with Crippen LogP contribution in [-0.2, 0) is 0 Å². The molecule has 2 aliphatic heterocycles. The molecule has 2 bridgehead atoms. The summed E-state index contributed by atoms with van der Waals surface area (Å²) in [4.78, 5) is 18.5.